The quantitative estimate of drug-likeness (QED) is 0.315. The number of carbonyl (C=O) groups is 1. The zero-order valence-electron chi connectivity index (χ0n) is 21.7. The molecule has 0 heterocycles. The summed E-state index contributed by atoms with van der Waals surface area (Å²) in [6, 6.07) is 28.3. The maximum atomic E-state index is 13.3. The normalized spacial score (nSPS) is 11.9. The van der Waals surface area contributed by atoms with Gasteiger partial charge in [0.25, 0.3) is 15.9 Å². The van der Waals surface area contributed by atoms with Crippen LogP contribution in [-0.2, 0) is 10.0 Å². The average Bonchev–Trinajstić information content (AvgIpc) is 2.96. The van der Waals surface area contributed by atoms with Crippen LogP contribution in [0.4, 0.5) is 5.69 Å². The Labute approximate surface area is 223 Å². The zero-order valence-corrected chi connectivity index (χ0v) is 22.5. The Kier molecular flexibility index (Phi) is 8.02. The van der Waals surface area contributed by atoms with Crippen LogP contribution in [0.5, 0.6) is 11.5 Å². The summed E-state index contributed by atoms with van der Waals surface area (Å²) in [6.07, 6.45) is 0. The number of methoxy groups -OCH3 is 2. The minimum absolute atomic E-state index is 0.0586. The molecule has 0 fully saturated rings. The Balaban J connectivity index is 1.56. The predicted octanol–water partition coefficient (Wildman–Crippen LogP) is 5.36. The second kappa shape index (κ2) is 11.4. The van der Waals surface area contributed by atoms with Crippen molar-refractivity contribution in [2.45, 2.75) is 17.9 Å². The molecule has 0 spiro atoms. The molecule has 4 aromatic rings. The minimum atomic E-state index is -3.88. The topological polar surface area (TPSA) is 84.9 Å². The Bertz CT molecular complexity index is 1500. The number of aryl methyl sites for hydroxylation is 1. The zero-order chi connectivity index (χ0) is 27.3. The maximum Gasteiger partial charge on any atom is 0.264 e. The third kappa shape index (κ3) is 5.65. The molecule has 0 bridgehead atoms. The van der Waals surface area contributed by atoms with Crippen LogP contribution >= 0.6 is 0 Å². The van der Waals surface area contributed by atoms with Gasteiger partial charge in [0.1, 0.15) is 0 Å². The molecule has 0 radical (unpaired) electrons. The number of hydrogen-bond acceptors (Lipinski definition) is 5. The number of nitrogens with one attached hydrogen (secondary N) is 1. The summed E-state index contributed by atoms with van der Waals surface area (Å²) < 4.78 is 38.1. The van der Waals surface area contributed by atoms with Crippen molar-refractivity contribution >= 4 is 21.6 Å². The summed E-state index contributed by atoms with van der Waals surface area (Å²) in [5.74, 6) is 0.482. The number of ether oxygens (including phenoxy) is 2. The largest absolute Gasteiger partial charge is 0.493 e. The van der Waals surface area contributed by atoms with E-state index >= 15 is 0 Å². The number of sulfonamides is 1. The van der Waals surface area contributed by atoms with E-state index in [1.54, 1.807) is 30.3 Å². The Morgan fingerprint density at radius 2 is 1.39 bits per heavy atom. The molecule has 38 heavy (non-hydrogen) atoms. The van der Waals surface area contributed by atoms with Gasteiger partial charge in [-0.2, -0.15) is 0 Å². The fourth-order valence-corrected chi connectivity index (χ4v) is 5.29. The van der Waals surface area contributed by atoms with Crippen LogP contribution in [-0.4, -0.2) is 35.6 Å². The first-order valence-corrected chi connectivity index (χ1v) is 13.4. The maximum absolute atomic E-state index is 13.3. The molecule has 1 atom stereocenters. The Hall–Kier alpha value is -4.30. The van der Waals surface area contributed by atoms with Crippen LogP contribution in [0.1, 0.15) is 33.1 Å². The third-order valence-electron chi connectivity index (χ3n) is 6.33. The highest BCUT2D eigenvalue weighted by Gasteiger charge is 2.24. The van der Waals surface area contributed by atoms with Crippen molar-refractivity contribution in [2.24, 2.45) is 0 Å². The second-order valence-electron chi connectivity index (χ2n) is 8.76. The number of nitrogens with zero attached hydrogens (tertiary/aromatic N) is 1. The number of benzene rings is 4. The van der Waals surface area contributed by atoms with E-state index < -0.39 is 10.0 Å². The van der Waals surface area contributed by atoms with Crippen LogP contribution < -0.4 is 19.1 Å². The van der Waals surface area contributed by atoms with Gasteiger partial charge in [-0.1, -0.05) is 60.2 Å². The Morgan fingerprint density at radius 3 is 2.00 bits per heavy atom. The first kappa shape index (κ1) is 26.8. The molecule has 4 rings (SSSR count). The van der Waals surface area contributed by atoms with Gasteiger partial charge in [-0.05, 0) is 54.4 Å². The van der Waals surface area contributed by atoms with Crippen molar-refractivity contribution in [1.82, 2.24) is 5.32 Å². The molecule has 0 aliphatic carbocycles. The number of rotatable bonds is 9. The Morgan fingerprint density at radius 1 is 0.789 bits per heavy atom. The van der Waals surface area contributed by atoms with Gasteiger partial charge in [-0.15, -0.1) is 0 Å². The lowest BCUT2D eigenvalue weighted by atomic mass is 9.97. The molecule has 0 aliphatic rings. The van der Waals surface area contributed by atoms with Gasteiger partial charge in [0, 0.05) is 18.7 Å². The average molecular weight is 531 g/mol. The molecule has 1 N–H and O–H groups in total. The summed E-state index contributed by atoms with van der Waals surface area (Å²) in [6.45, 7) is 2.02. The van der Waals surface area contributed by atoms with Gasteiger partial charge in [-0.25, -0.2) is 8.42 Å². The van der Waals surface area contributed by atoms with E-state index in [2.05, 4.69) is 5.32 Å². The van der Waals surface area contributed by atoms with Crippen molar-refractivity contribution in [3.05, 3.63) is 119 Å². The monoisotopic (exact) mass is 530 g/mol. The molecule has 0 saturated carbocycles. The second-order valence-corrected chi connectivity index (χ2v) is 10.7. The van der Waals surface area contributed by atoms with E-state index in [-0.39, 0.29) is 16.8 Å². The molecule has 7 nitrogen and oxygen atoms in total. The van der Waals surface area contributed by atoms with Gasteiger partial charge in [-0.3, -0.25) is 9.10 Å². The van der Waals surface area contributed by atoms with Gasteiger partial charge in [0.05, 0.1) is 30.8 Å². The van der Waals surface area contributed by atoms with Crippen molar-refractivity contribution in [3.63, 3.8) is 0 Å². The van der Waals surface area contributed by atoms with Crippen LogP contribution in [0.3, 0.4) is 0 Å². The molecule has 1 amide bonds. The number of amides is 1. The minimum Gasteiger partial charge on any atom is -0.493 e. The van der Waals surface area contributed by atoms with Gasteiger partial charge >= 0.3 is 0 Å². The lowest BCUT2D eigenvalue weighted by Gasteiger charge is -2.22. The van der Waals surface area contributed by atoms with E-state index in [0.717, 1.165) is 21.0 Å². The van der Waals surface area contributed by atoms with Crippen molar-refractivity contribution in [1.29, 1.82) is 0 Å². The summed E-state index contributed by atoms with van der Waals surface area (Å²) in [4.78, 5) is 13.3. The predicted molar refractivity (Wildman–Crippen MR) is 149 cm³/mol. The van der Waals surface area contributed by atoms with Gasteiger partial charge < -0.3 is 14.8 Å². The third-order valence-corrected chi connectivity index (χ3v) is 8.11. The van der Waals surface area contributed by atoms with E-state index in [1.807, 2.05) is 61.5 Å². The van der Waals surface area contributed by atoms with Crippen LogP contribution in [0.25, 0.3) is 0 Å². The molecule has 0 aliphatic heterocycles. The molecular formula is C30H30N2O5S. The van der Waals surface area contributed by atoms with Crippen molar-refractivity contribution in [3.8, 4) is 11.5 Å². The SMILES string of the molecule is COc1ccc(S(=O)(=O)N(C)c2ccc(C(=O)N[C@H](c3ccccc3)c3ccc(C)cc3)cc2)cc1OC. The van der Waals surface area contributed by atoms with Crippen LogP contribution in [0, 0.1) is 6.92 Å². The molecule has 0 unspecified atom stereocenters. The summed E-state index contributed by atoms with van der Waals surface area (Å²) in [5.41, 5.74) is 3.89. The number of anilines is 1. The van der Waals surface area contributed by atoms with E-state index in [9.17, 15) is 13.2 Å². The van der Waals surface area contributed by atoms with Crippen molar-refractivity contribution in [2.75, 3.05) is 25.6 Å². The summed E-state index contributed by atoms with van der Waals surface area (Å²) in [7, 11) is 0.514. The lowest BCUT2D eigenvalue weighted by molar-refractivity contribution is 0.0943. The lowest BCUT2D eigenvalue weighted by Crippen LogP contribution is -2.29. The number of hydrogen-bond donors (Lipinski definition) is 1. The smallest absolute Gasteiger partial charge is 0.264 e. The highest BCUT2D eigenvalue weighted by Crippen LogP contribution is 2.32. The molecule has 196 valence electrons. The summed E-state index contributed by atoms with van der Waals surface area (Å²) >= 11 is 0. The molecular weight excluding hydrogens is 500 g/mol. The van der Waals surface area contributed by atoms with Gasteiger partial charge in [0.15, 0.2) is 11.5 Å². The van der Waals surface area contributed by atoms with Crippen molar-refractivity contribution < 1.29 is 22.7 Å². The molecule has 4 aromatic carbocycles. The van der Waals surface area contributed by atoms with Crippen LogP contribution in [0.15, 0.2) is 102 Å². The molecule has 0 aromatic heterocycles. The molecule has 0 saturated heterocycles. The van der Waals surface area contributed by atoms with Crippen LogP contribution in [0.2, 0.25) is 0 Å². The van der Waals surface area contributed by atoms with E-state index in [0.29, 0.717) is 22.7 Å². The standard InChI is InChI=1S/C30H30N2O5S/c1-21-10-12-23(13-11-21)29(22-8-6-5-7-9-22)31-30(33)24-14-16-25(17-15-24)32(2)38(34,35)26-18-19-27(36-3)28(20-26)37-4/h5-20,29H,1-4H3,(H,31,33)/t29-/m1/s1. The van der Waals surface area contributed by atoms with Gasteiger partial charge in [0.2, 0.25) is 0 Å². The molecule has 8 heteroatoms. The first-order valence-electron chi connectivity index (χ1n) is 12.0. The van der Waals surface area contributed by atoms with E-state index in [4.69, 9.17) is 9.47 Å². The first-order chi connectivity index (χ1) is 18.2. The fraction of sp³-hybridized carbons (Fsp3) is 0.167. The summed E-state index contributed by atoms with van der Waals surface area (Å²) in [5, 5.41) is 3.12. The highest BCUT2D eigenvalue weighted by molar-refractivity contribution is 7.92. The van der Waals surface area contributed by atoms with E-state index in [1.165, 1.54) is 33.4 Å². The fourth-order valence-electron chi connectivity index (χ4n) is 4.07. The highest BCUT2D eigenvalue weighted by atomic mass is 32.2. The number of carbonyl (C=O) groups excluding carboxylic acids is 1.